The van der Waals surface area contributed by atoms with E-state index < -0.39 is 0 Å². The van der Waals surface area contributed by atoms with Crippen LogP contribution in [0.2, 0.25) is 5.02 Å². The molecule has 1 aliphatic rings. The number of esters is 1. The number of carbonyl (C=O) groups is 2. The number of benzene rings is 1. The molecule has 1 fully saturated rings. The summed E-state index contributed by atoms with van der Waals surface area (Å²) in [4.78, 5) is 23.2. The van der Waals surface area contributed by atoms with Crippen molar-refractivity contribution >= 4 is 35.6 Å². The lowest BCUT2D eigenvalue weighted by atomic mass is 10.1. The van der Waals surface area contributed by atoms with Crippen LogP contribution in [0.15, 0.2) is 23.1 Å². The minimum absolute atomic E-state index is 0.0249. The molecule has 19 heavy (non-hydrogen) atoms. The summed E-state index contributed by atoms with van der Waals surface area (Å²) in [5, 5.41) is 0.587. The average Bonchev–Trinajstić information content (AvgIpc) is 3.17. The minimum atomic E-state index is -0.173. The second-order valence-corrected chi connectivity index (χ2v) is 6.21. The van der Waals surface area contributed by atoms with Crippen molar-refractivity contribution < 1.29 is 14.3 Å². The van der Waals surface area contributed by atoms with Crippen molar-refractivity contribution in [1.29, 1.82) is 0 Å². The van der Waals surface area contributed by atoms with Crippen LogP contribution in [-0.4, -0.2) is 25.1 Å². The lowest BCUT2D eigenvalue weighted by Crippen LogP contribution is -2.13. The van der Waals surface area contributed by atoms with E-state index in [9.17, 15) is 9.59 Å². The van der Waals surface area contributed by atoms with Crippen molar-refractivity contribution in [1.82, 2.24) is 0 Å². The molecular formula is C14H15ClO3S. The molecule has 0 aliphatic heterocycles. The summed E-state index contributed by atoms with van der Waals surface area (Å²) in [6.45, 7) is 0. The molecule has 0 spiro atoms. The van der Waals surface area contributed by atoms with E-state index in [1.54, 1.807) is 30.0 Å². The number of carbonyl (C=O) groups excluding carboxylic acids is 2. The number of hydrogen-bond acceptors (Lipinski definition) is 4. The molecule has 1 aromatic rings. The van der Waals surface area contributed by atoms with Gasteiger partial charge in [0.25, 0.3) is 0 Å². The smallest absolute Gasteiger partial charge is 0.306 e. The van der Waals surface area contributed by atoms with Gasteiger partial charge in [-0.05, 0) is 24.3 Å². The van der Waals surface area contributed by atoms with Gasteiger partial charge in [-0.25, -0.2) is 0 Å². The zero-order chi connectivity index (χ0) is 13.9. The van der Waals surface area contributed by atoms with Gasteiger partial charge in [0.15, 0.2) is 6.29 Å². The molecule has 0 amide bonds. The fourth-order valence-electron chi connectivity index (χ4n) is 1.92. The number of rotatable bonds is 6. The predicted molar refractivity (Wildman–Crippen MR) is 75.9 cm³/mol. The summed E-state index contributed by atoms with van der Waals surface area (Å²) in [6.07, 6.45) is 3.30. The van der Waals surface area contributed by atoms with Crippen molar-refractivity contribution in [3.63, 3.8) is 0 Å². The van der Waals surface area contributed by atoms with Crippen LogP contribution in [-0.2, 0) is 9.53 Å². The first-order valence-corrected chi connectivity index (χ1v) is 7.40. The lowest BCUT2D eigenvalue weighted by Gasteiger charge is -2.14. The van der Waals surface area contributed by atoms with Crippen LogP contribution in [0.25, 0.3) is 0 Å². The number of thioether (sulfide) groups is 1. The molecule has 0 atom stereocenters. The maximum atomic E-state index is 11.4. The molecule has 0 unspecified atom stereocenters. The third kappa shape index (κ3) is 3.51. The van der Waals surface area contributed by atoms with Crippen LogP contribution in [0.1, 0.15) is 29.6 Å². The Kier molecular flexibility index (Phi) is 4.53. The molecule has 2 rings (SSSR count). The number of hydrogen-bond donors (Lipinski definition) is 0. The van der Waals surface area contributed by atoms with Crippen molar-refractivity contribution in [2.45, 2.75) is 24.2 Å². The van der Waals surface area contributed by atoms with Crippen LogP contribution < -0.4 is 0 Å². The molecule has 0 radical (unpaired) electrons. The third-order valence-electron chi connectivity index (χ3n) is 3.35. The summed E-state index contributed by atoms with van der Waals surface area (Å²) in [7, 11) is 1.41. The van der Waals surface area contributed by atoms with Crippen LogP contribution in [0.4, 0.5) is 0 Å². The Balaban J connectivity index is 2.03. The number of aldehydes is 1. The van der Waals surface area contributed by atoms with Crippen LogP contribution >= 0.6 is 23.4 Å². The van der Waals surface area contributed by atoms with Crippen LogP contribution in [0, 0.1) is 5.41 Å². The van der Waals surface area contributed by atoms with Gasteiger partial charge in [0.05, 0.1) is 18.6 Å². The summed E-state index contributed by atoms with van der Waals surface area (Å²) >= 11 is 7.67. The molecule has 1 aromatic carbocycles. The molecule has 3 nitrogen and oxygen atoms in total. The van der Waals surface area contributed by atoms with Crippen LogP contribution in [0.3, 0.4) is 0 Å². The molecule has 0 saturated heterocycles. The fourth-order valence-corrected chi connectivity index (χ4v) is 3.60. The third-order valence-corrected chi connectivity index (χ3v) is 5.28. The quantitative estimate of drug-likeness (QED) is 0.457. The zero-order valence-electron chi connectivity index (χ0n) is 10.6. The SMILES string of the molecule is COC(=O)CC1(CSc2c(Cl)cccc2C=O)CC1. The Morgan fingerprint density at radius 2 is 2.26 bits per heavy atom. The molecule has 0 N–H and O–H groups in total. The summed E-state index contributed by atoms with van der Waals surface area (Å²) in [5.41, 5.74) is 0.628. The van der Waals surface area contributed by atoms with Gasteiger partial charge in [-0.3, -0.25) is 9.59 Å². The summed E-state index contributed by atoms with van der Waals surface area (Å²) < 4.78 is 4.72. The van der Waals surface area contributed by atoms with E-state index in [-0.39, 0.29) is 11.4 Å². The van der Waals surface area contributed by atoms with Gasteiger partial charge >= 0.3 is 5.97 Å². The highest BCUT2D eigenvalue weighted by Gasteiger charge is 2.44. The van der Waals surface area contributed by atoms with E-state index in [4.69, 9.17) is 16.3 Å². The van der Waals surface area contributed by atoms with Crippen molar-refractivity contribution in [3.05, 3.63) is 28.8 Å². The Hall–Kier alpha value is -1.00. The van der Waals surface area contributed by atoms with Gasteiger partial charge in [-0.1, -0.05) is 23.7 Å². The molecule has 0 heterocycles. The highest BCUT2D eigenvalue weighted by molar-refractivity contribution is 7.99. The van der Waals surface area contributed by atoms with E-state index in [1.807, 2.05) is 0 Å². The van der Waals surface area contributed by atoms with Gasteiger partial charge in [0, 0.05) is 16.2 Å². The normalized spacial score (nSPS) is 15.9. The Bertz CT molecular complexity index is 497. The minimum Gasteiger partial charge on any atom is -0.469 e. The first kappa shape index (κ1) is 14.4. The molecule has 5 heteroatoms. The standard InChI is InChI=1S/C14H15ClO3S/c1-18-12(17)7-14(5-6-14)9-19-13-10(8-16)3-2-4-11(13)15/h2-4,8H,5-7,9H2,1H3. The monoisotopic (exact) mass is 298 g/mol. The number of methoxy groups -OCH3 is 1. The lowest BCUT2D eigenvalue weighted by molar-refractivity contribution is -0.141. The first-order valence-electron chi connectivity index (χ1n) is 6.03. The summed E-state index contributed by atoms with van der Waals surface area (Å²) in [6, 6.07) is 5.29. The Morgan fingerprint density at radius 3 is 2.84 bits per heavy atom. The van der Waals surface area contributed by atoms with Gasteiger partial charge in [0.2, 0.25) is 0 Å². The van der Waals surface area contributed by atoms with Gasteiger partial charge in [-0.2, -0.15) is 0 Å². The Labute approximate surface area is 121 Å². The second-order valence-electron chi connectivity index (χ2n) is 4.82. The van der Waals surface area contributed by atoms with E-state index in [1.165, 1.54) is 7.11 Å². The molecule has 0 bridgehead atoms. The Morgan fingerprint density at radius 1 is 1.53 bits per heavy atom. The average molecular weight is 299 g/mol. The maximum Gasteiger partial charge on any atom is 0.306 e. The number of ether oxygens (including phenoxy) is 1. The van der Waals surface area contributed by atoms with E-state index in [0.717, 1.165) is 29.8 Å². The largest absolute Gasteiger partial charge is 0.469 e. The predicted octanol–water partition coefficient (Wildman–Crippen LogP) is 3.59. The fraction of sp³-hybridized carbons (Fsp3) is 0.429. The maximum absolute atomic E-state index is 11.4. The van der Waals surface area contributed by atoms with Gasteiger partial charge in [-0.15, -0.1) is 11.8 Å². The topological polar surface area (TPSA) is 43.4 Å². The zero-order valence-corrected chi connectivity index (χ0v) is 12.2. The van der Waals surface area contributed by atoms with Crippen molar-refractivity contribution in [3.8, 4) is 0 Å². The van der Waals surface area contributed by atoms with Gasteiger partial charge < -0.3 is 4.74 Å². The van der Waals surface area contributed by atoms with E-state index >= 15 is 0 Å². The molecular weight excluding hydrogens is 284 g/mol. The molecule has 1 saturated carbocycles. The summed E-state index contributed by atoms with van der Waals surface area (Å²) in [5.74, 6) is 0.611. The van der Waals surface area contributed by atoms with Crippen molar-refractivity contribution in [2.24, 2.45) is 5.41 Å². The van der Waals surface area contributed by atoms with Gasteiger partial charge in [0.1, 0.15) is 0 Å². The van der Waals surface area contributed by atoms with Crippen molar-refractivity contribution in [2.75, 3.05) is 12.9 Å². The molecule has 0 aromatic heterocycles. The first-order chi connectivity index (χ1) is 9.10. The molecule has 1 aliphatic carbocycles. The van der Waals surface area contributed by atoms with Crippen LogP contribution in [0.5, 0.6) is 0 Å². The van der Waals surface area contributed by atoms with E-state index in [0.29, 0.717) is 17.0 Å². The van der Waals surface area contributed by atoms with E-state index in [2.05, 4.69) is 0 Å². The number of halogens is 1. The second kappa shape index (κ2) is 5.97. The molecule has 102 valence electrons. The highest BCUT2D eigenvalue weighted by atomic mass is 35.5. The highest BCUT2D eigenvalue weighted by Crippen LogP contribution is 2.52.